The third kappa shape index (κ3) is 2.86. The maximum atomic E-state index is 11.7. The molecule has 0 aliphatic heterocycles. The number of carbonyl (C=O) groups excluding carboxylic acids is 1. The van der Waals surface area contributed by atoms with Gasteiger partial charge in [0.2, 0.25) is 0 Å². The number of H-pyrrole nitrogens is 1. The zero-order valence-corrected chi connectivity index (χ0v) is 11.7. The molecule has 0 aliphatic rings. The van der Waals surface area contributed by atoms with Gasteiger partial charge in [-0.15, -0.1) is 0 Å². The monoisotopic (exact) mass is 289 g/mol. The number of anilines is 1. The van der Waals surface area contributed by atoms with Crippen LogP contribution in [0.4, 0.5) is 11.5 Å². The molecule has 110 valence electrons. The fourth-order valence-corrected chi connectivity index (χ4v) is 1.98. The number of aromatic amines is 1. The van der Waals surface area contributed by atoms with E-state index in [1.54, 1.807) is 26.0 Å². The fourth-order valence-electron chi connectivity index (χ4n) is 1.98. The first-order chi connectivity index (χ1) is 9.93. The minimum atomic E-state index is -0.529. The maximum Gasteiger partial charge on any atom is 0.341 e. The van der Waals surface area contributed by atoms with Gasteiger partial charge >= 0.3 is 5.97 Å². The second-order valence-corrected chi connectivity index (χ2v) is 4.49. The van der Waals surface area contributed by atoms with Crippen molar-refractivity contribution in [2.75, 3.05) is 12.3 Å². The fraction of sp³-hybridized carbons (Fsp3) is 0.214. The number of nitrogens with one attached hydrogen (secondary N) is 1. The molecule has 3 N–H and O–H groups in total. The molecular formula is C14H15N3O4. The standard InChI is InChI=1S/C14H15N3O4/c1-3-21-14(18)10-7-11(16-13(10)15)9-5-4-8(2)12(6-9)17(19)20/h4-7,16H,3,15H2,1-2H3. The van der Waals surface area contributed by atoms with Crippen molar-refractivity contribution < 1.29 is 14.5 Å². The van der Waals surface area contributed by atoms with E-state index in [2.05, 4.69) is 4.98 Å². The number of aryl methyl sites for hydroxylation is 1. The van der Waals surface area contributed by atoms with Gasteiger partial charge in [-0.2, -0.15) is 0 Å². The molecule has 0 amide bonds. The molecule has 7 heteroatoms. The van der Waals surface area contributed by atoms with Gasteiger partial charge in [0.15, 0.2) is 0 Å². The summed E-state index contributed by atoms with van der Waals surface area (Å²) in [4.78, 5) is 25.1. The van der Waals surface area contributed by atoms with Gasteiger partial charge in [-0.1, -0.05) is 12.1 Å². The topological polar surface area (TPSA) is 111 Å². The second-order valence-electron chi connectivity index (χ2n) is 4.49. The van der Waals surface area contributed by atoms with Crippen molar-refractivity contribution in [3.05, 3.63) is 45.5 Å². The van der Waals surface area contributed by atoms with Gasteiger partial charge < -0.3 is 15.5 Å². The number of rotatable bonds is 4. The lowest BCUT2D eigenvalue weighted by Crippen LogP contribution is -2.05. The summed E-state index contributed by atoms with van der Waals surface area (Å²) in [5.74, 6) is -0.356. The normalized spacial score (nSPS) is 10.4. The van der Waals surface area contributed by atoms with Crippen LogP contribution in [0.3, 0.4) is 0 Å². The van der Waals surface area contributed by atoms with Crippen LogP contribution in [0.1, 0.15) is 22.8 Å². The Balaban J connectivity index is 2.44. The maximum absolute atomic E-state index is 11.7. The molecule has 0 spiro atoms. The van der Waals surface area contributed by atoms with Crippen LogP contribution in [0.2, 0.25) is 0 Å². The van der Waals surface area contributed by atoms with Crippen molar-refractivity contribution in [2.45, 2.75) is 13.8 Å². The van der Waals surface area contributed by atoms with E-state index in [1.165, 1.54) is 12.1 Å². The summed E-state index contributed by atoms with van der Waals surface area (Å²) < 4.78 is 4.89. The lowest BCUT2D eigenvalue weighted by molar-refractivity contribution is -0.385. The van der Waals surface area contributed by atoms with E-state index in [1.807, 2.05) is 0 Å². The number of nitro benzene ring substituents is 1. The van der Waals surface area contributed by atoms with E-state index in [0.717, 1.165) is 0 Å². The van der Waals surface area contributed by atoms with Crippen molar-refractivity contribution in [3.8, 4) is 11.3 Å². The Kier molecular flexibility index (Phi) is 3.93. The zero-order chi connectivity index (χ0) is 15.6. The van der Waals surface area contributed by atoms with Crippen LogP contribution >= 0.6 is 0 Å². The van der Waals surface area contributed by atoms with Crippen molar-refractivity contribution in [1.82, 2.24) is 4.98 Å². The summed E-state index contributed by atoms with van der Waals surface area (Å²) in [6.07, 6.45) is 0. The number of benzene rings is 1. The van der Waals surface area contributed by atoms with E-state index in [-0.39, 0.29) is 23.7 Å². The van der Waals surface area contributed by atoms with Crippen molar-refractivity contribution >= 4 is 17.5 Å². The summed E-state index contributed by atoms with van der Waals surface area (Å²) in [5.41, 5.74) is 7.65. The van der Waals surface area contributed by atoms with Gasteiger partial charge in [0.1, 0.15) is 11.4 Å². The largest absolute Gasteiger partial charge is 0.462 e. The van der Waals surface area contributed by atoms with E-state index >= 15 is 0 Å². The highest BCUT2D eigenvalue weighted by molar-refractivity contribution is 5.96. The molecule has 0 unspecified atom stereocenters. The first kappa shape index (κ1) is 14.6. The average Bonchev–Trinajstić information content (AvgIpc) is 2.81. The summed E-state index contributed by atoms with van der Waals surface area (Å²) in [6, 6.07) is 6.34. The second kappa shape index (κ2) is 5.66. The van der Waals surface area contributed by atoms with Crippen LogP contribution in [0, 0.1) is 17.0 Å². The van der Waals surface area contributed by atoms with Gasteiger partial charge in [0, 0.05) is 22.9 Å². The highest BCUT2D eigenvalue weighted by Gasteiger charge is 2.17. The number of nitrogens with two attached hydrogens (primary N) is 1. The third-order valence-corrected chi connectivity index (χ3v) is 3.06. The first-order valence-corrected chi connectivity index (χ1v) is 6.35. The summed E-state index contributed by atoms with van der Waals surface area (Å²) >= 11 is 0. The molecule has 1 aromatic carbocycles. The predicted octanol–water partition coefficient (Wildman–Crippen LogP) is 2.66. The molecule has 1 heterocycles. The van der Waals surface area contributed by atoms with E-state index in [9.17, 15) is 14.9 Å². The highest BCUT2D eigenvalue weighted by Crippen LogP contribution is 2.28. The molecule has 2 rings (SSSR count). The number of ether oxygens (including phenoxy) is 1. The Bertz CT molecular complexity index is 706. The van der Waals surface area contributed by atoms with Gasteiger partial charge in [0.05, 0.1) is 11.5 Å². The van der Waals surface area contributed by atoms with Crippen LogP contribution in [0.25, 0.3) is 11.3 Å². The molecule has 0 bridgehead atoms. The SMILES string of the molecule is CCOC(=O)c1cc(-c2ccc(C)c([N+](=O)[O-])c2)[nH]c1N. The zero-order valence-electron chi connectivity index (χ0n) is 11.7. The van der Waals surface area contributed by atoms with Crippen molar-refractivity contribution in [1.29, 1.82) is 0 Å². The minimum Gasteiger partial charge on any atom is -0.462 e. The molecular weight excluding hydrogens is 274 g/mol. The van der Waals surface area contributed by atoms with E-state index < -0.39 is 10.9 Å². The lowest BCUT2D eigenvalue weighted by atomic mass is 10.1. The molecule has 0 saturated heterocycles. The number of carbonyl (C=O) groups is 1. The van der Waals surface area contributed by atoms with Gasteiger partial charge in [-0.3, -0.25) is 10.1 Å². The Hall–Kier alpha value is -2.83. The highest BCUT2D eigenvalue weighted by atomic mass is 16.6. The predicted molar refractivity (Wildman–Crippen MR) is 78.0 cm³/mol. The molecule has 0 radical (unpaired) electrons. The van der Waals surface area contributed by atoms with Crippen molar-refractivity contribution in [3.63, 3.8) is 0 Å². The molecule has 0 aliphatic carbocycles. The average molecular weight is 289 g/mol. The Labute approximate surface area is 120 Å². The number of hydrogen-bond acceptors (Lipinski definition) is 5. The first-order valence-electron chi connectivity index (χ1n) is 6.35. The Morgan fingerprint density at radius 1 is 1.43 bits per heavy atom. The number of nitrogen functional groups attached to an aromatic ring is 1. The lowest BCUT2D eigenvalue weighted by Gasteiger charge is -2.01. The van der Waals surface area contributed by atoms with Gasteiger partial charge in [0.25, 0.3) is 5.69 Å². The van der Waals surface area contributed by atoms with Crippen molar-refractivity contribution in [2.24, 2.45) is 0 Å². The number of nitrogens with zero attached hydrogens (tertiary/aromatic N) is 1. The Morgan fingerprint density at radius 3 is 2.76 bits per heavy atom. The van der Waals surface area contributed by atoms with E-state index in [4.69, 9.17) is 10.5 Å². The van der Waals surface area contributed by atoms with Crippen LogP contribution in [-0.2, 0) is 4.74 Å². The van der Waals surface area contributed by atoms with Crippen LogP contribution < -0.4 is 5.73 Å². The molecule has 0 saturated carbocycles. The van der Waals surface area contributed by atoms with Crippen LogP contribution in [0.5, 0.6) is 0 Å². The third-order valence-electron chi connectivity index (χ3n) is 3.06. The molecule has 21 heavy (non-hydrogen) atoms. The smallest absolute Gasteiger partial charge is 0.341 e. The molecule has 2 aromatic rings. The summed E-state index contributed by atoms with van der Waals surface area (Å²) in [6.45, 7) is 3.61. The minimum absolute atomic E-state index is 0.0124. The number of hydrogen-bond donors (Lipinski definition) is 2. The molecule has 7 nitrogen and oxygen atoms in total. The number of nitro groups is 1. The summed E-state index contributed by atoms with van der Waals surface area (Å²) in [7, 11) is 0. The van der Waals surface area contributed by atoms with Gasteiger partial charge in [-0.05, 0) is 19.9 Å². The van der Waals surface area contributed by atoms with Crippen LogP contribution in [-0.4, -0.2) is 22.5 Å². The van der Waals surface area contributed by atoms with Crippen LogP contribution in [0.15, 0.2) is 24.3 Å². The number of aromatic nitrogens is 1. The van der Waals surface area contributed by atoms with Gasteiger partial charge in [-0.25, -0.2) is 4.79 Å². The Morgan fingerprint density at radius 2 is 2.14 bits per heavy atom. The molecule has 0 fully saturated rings. The molecule has 1 aromatic heterocycles. The molecule has 0 atom stereocenters. The summed E-state index contributed by atoms with van der Waals surface area (Å²) in [5, 5.41) is 11.0. The van der Waals surface area contributed by atoms with E-state index in [0.29, 0.717) is 16.8 Å². The quantitative estimate of drug-likeness (QED) is 0.510. The number of esters is 1.